The second-order valence-corrected chi connectivity index (χ2v) is 9.32. The van der Waals surface area contributed by atoms with Gasteiger partial charge in [-0.2, -0.15) is 0 Å². The van der Waals surface area contributed by atoms with Crippen molar-refractivity contribution in [2.75, 3.05) is 0 Å². The number of para-hydroxylation sites is 1. The smallest absolute Gasteiger partial charge is 0.197 e. The van der Waals surface area contributed by atoms with Crippen LogP contribution < -0.4 is 0 Å². The molecule has 4 N–H and O–H groups in total. The fraction of sp³-hybridized carbons (Fsp3) is 0.167. The van der Waals surface area contributed by atoms with Crippen LogP contribution in [0.1, 0.15) is 0 Å². The molecule has 0 spiro atoms. The van der Waals surface area contributed by atoms with Crippen molar-refractivity contribution in [3.8, 4) is 5.88 Å². The van der Waals surface area contributed by atoms with Crippen molar-refractivity contribution < 1.29 is 15.3 Å². The molecule has 0 radical (unpaired) electrons. The lowest BCUT2D eigenvalue weighted by molar-refractivity contribution is 0.00168. The van der Waals surface area contributed by atoms with Crippen LogP contribution in [0.5, 0.6) is 5.88 Å². The molecule has 3 aromatic heterocycles. The summed E-state index contributed by atoms with van der Waals surface area (Å²) in [5.74, 6) is 0.135. The summed E-state index contributed by atoms with van der Waals surface area (Å²) in [4.78, 5) is 3.02. The molecule has 4 heterocycles. The van der Waals surface area contributed by atoms with Crippen molar-refractivity contribution in [1.29, 1.82) is 0 Å². The number of aromatic amines is 1. The van der Waals surface area contributed by atoms with E-state index in [-0.39, 0.29) is 12.4 Å². The summed E-state index contributed by atoms with van der Waals surface area (Å²) in [5.41, 5.74) is 3.93. The van der Waals surface area contributed by atoms with Crippen molar-refractivity contribution in [3.05, 3.63) is 53.1 Å². The summed E-state index contributed by atoms with van der Waals surface area (Å²) in [6, 6.07) is 14.2. The van der Waals surface area contributed by atoms with E-state index in [0.29, 0.717) is 6.54 Å². The zero-order valence-electron chi connectivity index (χ0n) is 16.3. The highest BCUT2D eigenvalue weighted by atomic mass is 79.9. The average Bonchev–Trinajstić information content (AvgIpc) is 3.38. The molecule has 0 bridgehead atoms. The topological polar surface area (TPSA) is 86.3 Å². The number of aliphatic hydroxyl groups excluding tert-OH is 2. The SMILES string of the molecule is Oc1[nH]cc2c1c1c3cc(Br)ccc3n3c1c1c2c2ccccc2n1CC(O)C(O)C3. The molecule has 6 aromatic rings. The van der Waals surface area contributed by atoms with E-state index in [1.165, 1.54) is 0 Å². The third-order valence-corrected chi connectivity index (χ3v) is 7.28. The predicted octanol–water partition coefficient (Wildman–Crippen LogP) is 4.59. The van der Waals surface area contributed by atoms with Crippen molar-refractivity contribution in [2.45, 2.75) is 25.3 Å². The number of aromatic hydroxyl groups is 1. The van der Waals surface area contributed by atoms with Crippen LogP contribution in [0.15, 0.2) is 53.1 Å². The molecule has 1 aliphatic heterocycles. The van der Waals surface area contributed by atoms with Gasteiger partial charge in [-0.05, 0) is 24.3 Å². The minimum absolute atomic E-state index is 0.135. The van der Waals surface area contributed by atoms with E-state index in [1.54, 1.807) is 0 Å². The van der Waals surface area contributed by atoms with Crippen molar-refractivity contribution in [2.24, 2.45) is 0 Å². The second-order valence-electron chi connectivity index (χ2n) is 8.41. The molecule has 0 saturated carbocycles. The molecule has 7 rings (SSSR count). The highest BCUT2D eigenvalue weighted by molar-refractivity contribution is 9.10. The Morgan fingerprint density at radius 2 is 1.48 bits per heavy atom. The molecule has 7 heteroatoms. The van der Waals surface area contributed by atoms with Crippen LogP contribution in [-0.2, 0) is 13.1 Å². The molecule has 1 aliphatic rings. The van der Waals surface area contributed by atoms with E-state index in [1.807, 2.05) is 36.5 Å². The maximum Gasteiger partial charge on any atom is 0.197 e. The lowest BCUT2D eigenvalue weighted by Crippen LogP contribution is -2.35. The van der Waals surface area contributed by atoms with E-state index in [2.05, 4.69) is 42.2 Å². The molecule has 2 atom stereocenters. The fourth-order valence-corrected chi connectivity index (χ4v) is 5.87. The van der Waals surface area contributed by atoms with Gasteiger partial charge in [0.2, 0.25) is 0 Å². The van der Waals surface area contributed by atoms with Gasteiger partial charge in [-0.15, -0.1) is 0 Å². The standard InChI is InChI=1S/C24H18BrN3O3/c25-11-5-6-16-13(7-11)20-21-14(8-26-24(21)31)19-12-3-1-2-4-15(12)27-9-17(29)18(30)10-28(16)23(20)22(19)27/h1-8,17-18,26,29-31H,9-10H2. The van der Waals surface area contributed by atoms with Gasteiger partial charge in [-0.25, -0.2) is 0 Å². The minimum atomic E-state index is -0.915. The third kappa shape index (κ3) is 2.08. The number of aliphatic hydroxyl groups is 2. The minimum Gasteiger partial charge on any atom is -0.494 e. The van der Waals surface area contributed by atoms with Crippen LogP contribution in [0.25, 0.3) is 54.4 Å². The zero-order chi connectivity index (χ0) is 21.0. The molecule has 0 aliphatic carbocycles. The first-order valence-electron chi connectivity index (χ1n) is 10.2. The van der Waals surface area contributed by atoms with E-state index < -0.39 is 12.2 Å². The Morgan fingerprint density at radius 1 is 0.806 bits per heavy atom. The number of nitrogens with one attached hydrogen (secondary N) is 1. The Hall–Kier alpha value is -3.00. The van der Waals surface area contributed by atoms with Gasteiger partial charge < -0.3 is 29.4 Å². The van der Waals surface area contributed by atoms with Gasteiger partial charge >= 0.3 is 0 Å². The number of fused-ring (bicyclic) bond motifs is 9. The predicted molar refractivity (Wildman–Crippen MR) is 126 cm³/mol. The maximum atomic E-state index is 10.9. The largest absolute Gasteiger partial charge is 0.494 e. The van der Waals surface area contributed by atoms with Gasteiger partial charge in [0.05, 0.1) is 41.7 Å². The van der Waals surface area contributed by atoms with Gasteiger partial charge in [0.15, 0.2) is 5.88 Å². The highest BCUT2D eigenvalue weighted by Gasteiger charge is 2.30. The Morgan fingerprint density at radius 3 is 2.26 bits per heavy atom. The molecular formula is C24H18BrN3O3. The number of rotatable bonds is 0. The second kappa shape index (κ2) is 5.82. The molecule has 0 fully saturated rings. The van der Waals surface area contributed by atoms with Crippen molar-refractivity contribution >= 4 is 70.3 Å². The normalized spacial score (nSPS) is 19.3. The number of hydrogen-bond acceptors (Lipinski definition) is 3. The molecule has 2 unspecified atom stereocenters. The van der Waals surface area contributed by atoms with Gasteiger partial charge in [0.25, 0.3) is 0 Å². The molecule has 154 valence electrons. The molecular weight excluding hydrogens is 458 g/mol. The van der Waals surface area contributed by atoms with E-state index in [4.69, 9.17) is 0 Å². The molecule has 6 nitrogen and oxygen atoms in total. The first-order valence-corrected chi connectivity index (χ1v) is 11.0. The van der Waals surface area contributed by atoms with Gasteiger partial charge in [-0.1, -0.05) is 34.1 Å². The van der Waals surface area contributed by atoms with Crippen LogP contribution in [0.3, 0.4) is 0 Å². The molecule has 0 saturated heterocycles. The van der Waals surface area contributed by atoms with Crippen molar-refractivity contribution in [3.63, 3.8) is 0 Å². The van der Waals surface area contributed by atoms with Gasteiger partial charge in [-0.3, -0.25) is 0 Å². The highest BCUT2D eigenvalue weighted by Crippen LogP contribution is 2.48. The zero-order valence-corrected chi connectivity index (χ0v) is 17.9. The Balaban J connectivity index is 1.91. The van der Waals surface area contributed by atoms with Crippen LogP contribution >= 0.6 is 15.9 Å². The first-order chi connectivity index (χ1) is 15.0. The van der Waals surface area contributed by atoms with Crippen LogP contribution in [-0.4, -0.2) is 41.6 Å². The first kappa shape index (κ1) is 17.7. The Labute approximate surface area is 184 Å². The summed E-state index contributed by atoms with van der Waals surface area (Å²) in [6.45, 7) is 0.573. The van der Waals surface area contributed by atoms with E-state index in [0.717, 1.165) is 58.9 Å². The summed E-state index contributed by atoms with van der Waals surface area (Å²) >= 11 is 3.59. The van der Waals surface area contributed by atoms with Crippen LogP contribution in [0.2, 0.25) is 0 Å². The molecule has 31 heavy (non-hydrogen) atoms. The molecule has 3 aromatic carbocycles. The van der Waals surface area contributed by atoms with Crippen molar-refractivity contribution in [1.82, 2.24) is 14.1 Å². The monoisotopic (exact) mass is 475 g/mol. The number of hydrogen-bond donors (Lipinski definition) is 4. The summed E-state index contributed by atoms with van der Waals surface area (Å²) in [5, 5.41) is 38.3. The number of nitrogens with zero attached hydrogens (tertiary/aromatic N) is 2. The maximum absolute atomic E-state index is 10.9. The van der Waals surface area contributed by atoms with Gasteiger partial charge in [0.1, 0.15) is 0 Å². The summed E-state index contributed by atoms with van der Waals surface area (Å²) in [6.07, 6.45) is 0.0503. The van der Waals surface area contributed by atoms with Crippen LogP contribution in [0, 0.1) is 0 Å². The van der Waals surface area contributed by atoms with E-state index >= 15 is 0 Å². The Kier molecular flexibility index (Phi) is 3.32. The summed E-state index contributed by atoms with van der Waals surface area (Å²) < 4.78 is 5.15. The quantitative estimate of drug-likeness (QED) is 0.259. The lowest BCUT2D eigenvalue weighted by Gasteiger charge is -2.24. The lowest BCUT2D eigenvalue weighted by atomic mass is 10.0. The van der Waals surface area contributed by atoms with E-state index in [9.17, 15) is 15.3 Å². The number of aromatic nitrogens is 3. The van der Waals surface area contributed by atoms with Crippen LogP contribution in [0.4, 0.5) is 0 Å². The fourth-order valence-electron chi connectivity index (χ4n) is 5.51. The number of halogens is 1. The number of benzene rings is 3. The third-order valence-electron chi connectivity index (χ3n) is 6.78. The summed E-state index contributed by atoms with van der Waals surface area (Å²) in [7, 11) is 0. The van der Waals surface area contributed by atoms with Gasteiger partial charge in [0, 0.05) is 48.6 Å². The Bertz CT molecular complexity index is 1710. The number of H-pyrrole nitrogens is 1. The molecule has 0 amide bonds. The average molecular weight is 476 g/mol.